The molecule has 2 bridgehead atoms. The van der Waals surface area contributed by atoms with Gasteiger partial charge in [0.1, 0.15) is 13.2 Å². The highest BCUT2D eigenvalue weighted by Crippen LogP contribution is 2.28. The lowest BCUT2D eigenvalue weighted by atomic mass is 9.80. The first kappa shape index (κ1) is 18.4. The van der Waals surface area contributed by atoms with E-state index in [9.17, 15) is 9.59 Å². The number of fused-ring (bicyclic) bond motifs is 7. The highest BCUT2D eigenvalue weighted by Gasteiger charge is 2.23. The van der Waals surface area contributed by atoms with Gasteiger partial charge in [-0.2, -0.15) is 0 Å². The fourth-order valence-corrected chi connectivity index (χ4v) is 2.94. The Labute approximate surface area is 141 Å². The van der Waals surface area contributed by atoms with Gasteiger partial charge in [0, 0.05) is 13.2 Å². The molecule has 1 saturated carbocycles. The minimum absolute atomic E-state index is 0.100. The number of hydrogen-bond acceptors (Lipinski definition) is 6. The molecule has 0 radical (unpaired) electrons. The molecule has 1 fully saturated rings. The van der Waals surface area contributed by atoms with Gasteiger partial charge in [0.05, 0.1) is 11.1 Å². The van der Waals surface area contributed by atoms with Crippen LogP contribution in [0.1, 0.15) is 46.4 Å². The molecule has 4 rings (SSSR count). The molecule has 24 heavy (non-hydrogen) atoms. The Hall–Kier alpha value is -1.92. The van der Waals surface area contributed by atoms with E-state index in [1.54, 1.807) is 24.3 Å². The number of rotatable bonds is 2. The zero-order chi connectivity index (χ0) is 17.4. The van der Waals surface area contributed by atoms with Gasteiger partial charge < -0.3 is 19.7 Å². The van der Waals surface area contributed by atoms with Crippen LogP contribution in [-0.2, 0) is 9.47 Å². The van der Waals surface area contributed by atoms with E-state index in [1.165, 1.54) is 12.8 Å². The van der Waals surface area contributed by atoms with E-state index in [1.807, 2.05) is 0 Å². The molecule has 0 amide bonds. The Morgan fingerprint density at radius 1 is 0.792 bits per heavy atom. The number of esters is 2. The Balaban J connectivity index is 0.000000185. The Morgan fingerprint density at radius 3 is 1.50 bits per heavy atom. The number of carbonyl (C=O) groups excluding carboxylic acids is 2. The summed E-state index contributed by atoms with van der Waals surface area (Å²) in [7, 11) is 0. The van der Waals surface area contributed by atoms with Crippen LogP contribution < -0.4 is 0 Å². The third-order valence-electron chi connectivity index (χ3n) is 4.44. The van der Waals surface area contributed by atoms with Gasteiger partial charge in [0.2, 0.25) is 0 Å². The van der Waals surface area contributed by atoms with Crippen LogP contribution in [0.25, 0.3) is 0 Å². The van der Waals surface area contributed by atoms with Crippen molar-refractivity contribution in [1.29, 1.82) is 0 Å². The van der Waals surface area contributed by atoms with E-state index < -0.39 is 11.9 Å². The molecule has 6 heteroatoms. The second-order valence-corrected chi connectivity index (χ2v) is 6.02. The smallest absolute Gasteiger partial charge is 0.338 e. The molecule has 3 aliphatic rings. The molecule has 1 aromatic rings. The average Bonchev–Trinajstić information content (AvgIpc) is 2.65. The van der Waals surface area contributed by atoms with Gasteiger partial charge in [0.15, 0.2) is 0 Å². The monoisotopic (exact) mass is 336 g/mol. The van der Waals surface area contributed by atoms with Gasteiger partial charge in [-0.3, -0.25) is 0 Å². The maximum absolute atomic E-state index is 11.3. The van der Waals surface area contributed by atoms with Gasteiger partial charge in [0.25, 0.3) is 0 Å². The molecule has 2 heterocycles. The normalized spacial score (nSPS) is 23.6. The number of carbonyl (C=O) groups is 2. The van der Waals surface area contributed by atoms with Crippen molar-refractivity contribution in [3.63, 3.8) is 0 Å². The summed E-state index contributed by atoms with van der Waals surface area (Å²) in [6.45, 7) is 0.711. The summed E-state index contributed by atoms with van der Waals surface area (Å²) in [5, 5.41) is 17.8. The standard InChI is InChI=1S/C10H8O4.C8H16O2/c11-9-7-1-2-8(4-3-7)10(12)14-6-5-13-9;9-5-7-3-1-2-4-8(7)6-10/h1-4H,5-6H2;7-10H,1-6H2. The molecule has 2 aliphatic heterocycles. The first-order chi connectivity index (χ1) is 11.7. The number of ether oxygens (including phenoxy) is 2. The zero-order valence-corrected chi connectivity index (χ0v) is 13.6. The third-order valence-corrected chi connectivity index (χ3v) is 4.44. The predicted molar refractivity (Wildman–Crippen MR) is 86.6 cm³/mol. The lowest BCUT2D eigenvalue weighted by Crippen LogP contribution is -2.25. The predicted octanol–water partition coefficient (Wildman–Crippen LogP) is 1.79. The molecule has 132 valence electrons. The molecule has 2 unspecified atom stereocenters. The van der Waals surface area contributed by atoms with Crippen LogP contribution in [0.4, 0.5) is 0 Å². The van der Waals surface area contributed by atoms with Crippen LogP contribution in [0.2, 0.25) is 0 Å². The molecule has 0 saturated heterocycles. The minimum atomic E-state index is -0.394. The van der Waals surface area contributed by atoms with E-state index in [0.717, 1.165) is 12.8 Å². The van der Waals surface area contributed by atoms with Crippen molar-refractivity contribution >= 4 is 11.9 Å². The van der Waals surface area contributed by atoms with Gasteiger partial charge >= 0.3 is 11.9 Å². The largest absolute Gasteiger partial charge is 0.458 e. The van der Waals surface area contributed by atoms with Crippen LogP contribution in [0.5, 0.6) is 0 Å². The number of benzene rings is 1. The van der Waals surface area contributed by atoms with Crippen molar-refractivity contribution in [2.45, 2.75) is 25.7 Å². The van der Waals surface area contributed by atoms with Gasteiger partial charge in [-0.05, 0) is 48.9 Å². The molecular weight excluding hydrogens is 312 g/mol. The highest BCUT2D eigenvalue weighted by molar-refractivity contribution is 5.93. The maximum atomic E-state index is 11.3. The Bertz CT molecular complexity index is 490. The van der Waals surface area contributed by atoms with E-state index in [4.69, 9.17) is 19.7 Å². The SMILES string of the molecule is O=C1OCCOC(=O)c2ccc1cc2.OCC1CCCCC1CO. The lowest BCUT2D eigenvalue weighted by Gasteiger charge is -2.28. The fourth-order valence-electron chi connectivity index (χ4n) is 2.94. The minimum Gasteiger partial charge on any atom is -0.458 e. The first-order valence-corrected chi connectivity index (χ1v) is 8.31. The second-order valence-electron chi connectivity index (χ2n) is 6.02. The van der Waals surface area contributed by atoms with Gasteiger partial charge in [-0.1, -0.05) is 12.8 Å². The van der Waals surface area contributed by atoms with Crippen LogP contribution in [-0.4, -0.2) is 48.6 Å². The number of aliphatic hydroxyl groups is 2. The third kappa shape index (κ3) is 5.04. The van der Waals surface area contributed by atoms with Crippen molar-refractivity contribution in [3.8, 4) is 0 Å². The van der Waals surface area contributed by atoms with E-state index in [0.29, 0.717) is 23.0 Å². The van der Waals surface area contributed by atoms with Crippen LogP contribution in [0.3, 0.4) is 0 Å². The van der Waals surface area contributed by atoms with E-state index in [2.05, 4.69) is 0 Å². The van der Waals surface area contributed by atoms with Crippen molar-refractivity contribution in [3.05, 3.63) is 35.4 Å². The summed E-state index contributed by atoms with van der Waals surface area (Å²) >= 11 is 0. The summed E-state index contributed by atoms with van der Waals surface area (Å²) in [6, 6.07) is 6.18. The number of hydrogen-bond donors (Lipinski definition) is 2. The summed E-state index contributed by atoms with van der Waals surface area (Å²) in [5.74, 6) is -0.0403. The molecule has 1 aliphatic carbocycles. The number of aliphatic hydroxyl groups excluding tert-OH is 2. The van der Waals surface area contributed by atoms with E-state index >= 15 is 0 Å². The summed E-state index contributed by atoms with van der Waals surface area (Å²) in [6.07, 6.45) is 4.65. The first-order valence-electron chi connectivity index (χ1n) is 8.31. The summed E-state index contributed by atoms with van der Waals surface area (Å²) in [5.41, 5.74) is 0.895. The van der Waals surface area contributed by atoms with Gasteiger partial charge in [-0.25, -0.2) is 9.59 Å². The van der Waals surface area contributed by atoms with Crippen LogP contribution in [0, 0.1) is 11.8 Å². The lowest BCUT2D eigenvalue weighted by molar-refractivity contribution is 0.0260. The van der Waals surface area contributed by atoms with Crippen molar-refractivity contribution in [2.75, 3.05) is 26.4 Å². The Morgan fingerprint density at radius 2 is 1.17 bits per heavy atom. The highest BCUT2D eigenvalue weighted by atomic mass is 16.6. The average molecular weight is 336 g/mol. The van der Waals surface area contributed by atoms with Crippen molar-refractivity contribution in [2.24, 2.45) is 11.8 Å². The summed E-state index contributed by atoms with van der Waals surface area (Å²) < 4.78 is 9.66. The summed E-state index contributed by atoms with van der Waals surface area (Å²) in [4.78, 5) is 22.5. The quantitative estimate of drug-likeness (QED) is 0.800. The van der Waals surface area contributed by atoms with Gasteiger partial charge in [-0.15, -0.1) is 0 Å². The molecule has 1 aromatic carbocycles. The van der Waals surface area contributed by atoms with E-state index in [-0.39, 0.29) is 26.4 Å². The van der Waals surface area contributed by atoms with Crippen molar-refractivity contribution < 1.29 is 29.3 Å². The van der Waals surface area contributed by atoms with Crippen LogP contribution >= 0.6 is 0 Å². The maximum Gasteiger partial charge on any atom is 0.338 e. The molecular formula is C18H24O6. The van der Waals surface area contributed by atoms with Crippen LogP contribution in [0.15, 0.2) is 24.3 Å². The molecule has 2 atom stereocenters. The molecule has 6 nitrogen and oxygen atoms in total. The zero-order valence-electron chi connectivity index (χ0n) is 13.6. The molecule has 0 aromatic heterocycles. The fraction of sp³-hybridized carbons (Fsp3) is 0.556. The molecule has 0 spiro atoms. The second kappa shape index (κ2) is 9.39. The topological polar surface area (TPSA) is 93.1 Å². The Kier molecular flexibility index (Phi) is 7.21. The van der Waals surface area contributed by atoms with Crippen molar-refractivity contribution in [1.82, 2.24) is 0 Å². The molecule has 2 N–H and O–H groups in total.